The van der Waals surface area contributed by atoms with Crippen LogP contribution in [0.5, 0.6) is 0 Å². The lowest BCUT2D eigenvalue weighted by atomic mass is 10.1. The van der Waals surface area contributed by atoms with Crippen molar-refractivity contribution in [2.75, 3.05) is 17.7 Å². The number of nitrogens with one attached hydrogen (secondary N) is 2. The molecule has 2 aromatic rings. The Hall–Kier alpha value is -1.95. The largest absolute Gasteiger partial charge is 0.371 e. The first-order valence-corrected chi connectivity index (χ1v) is 6.72. The van der Waals surface area contributed by atoms with Crippen molar-refractivity contribution in [3.8, 4) is 0 Å². The van der Waals surface area contributed by atoms with E-state index in [1.807, 2.05) is 19.1 Å². The molecule has 0 unspecified atom stereocenters. The van der Waals surface area contributed by atoms with Gasteiger partial charge in [-0.25, -0.2) is 9.37 Å². The molecule has 6 heteroatoms. The fraction of sp³-hybridized carbons (Fsp3) is 0.143. The maximum Gasteiger partial charge on any atom is 0.258 e. The van der Waals surface area contributed by atoms with Gasteiger partial charge in [0.25, 0.3) is 5.91 Å². The van der Waals surface area contributed by atoms with Gasteiger partial charge >= 0.3 is 0 Å². The third-order valence-electron chi connectivity index (χ3n) is 2.82. The number of nitrogens with zero attached hydrogens (tertiary/aromatic N) is 1. The maximum absolute atomic E-state index is 14.0. The van der Waals surface area contributed by atoms with Crippen LogP contribution in [0.2, 0.25) is 0 Å². The summed E-state index contributed by atoms with van der Waals surface area (Å²) < 4.78 is 14.8. The molecule has 20 heavy (non-hydrogen) atoms. The number of aryl methyl sites for hydroxylation is 1. The quantitative estimate of drug-likeness (QED) is 0.899. The number of benzene rings is 1. The summed E-state index contributed by atoms with van der Waals surface area (Å²) >= 11 is 3.33. The number of carbonyl (C=O) groups is 1. The molecule has 0 aliphatic heterocycles. The van der Waals surface area contributed by atoms with Crippen molar-refractivity contribution in [1.29, 1.82) is 0 Å². The summed E-state index contributed by atoms with van der Waals surface area (Å²) in [5, 5.41) is 5.30. The Morgan fingerprint density at radius 1 is 1.35 bits per heavy atom. The Labute approximate surface area is 124 Å². The van der Waals surface area contributed by atoms with E-state index in [0.29, 0.717) is 5.69 Å². The van der Waals surface area contributed by atoms with Crippen LogP contribution in [0.25, 0.3) is 0 Å². The second-order valence-electron chi connectivity index (χ2n) is 4.18. The maximum atomic E-state index is 14.0. The van der Waals surface area contributed by atoms with Crippen LogP contribution in [0.3, 0.4) is 0 Å². The van der Waals surface area contributed by atoms with E-state index in [1.165, 1.54) is 12.3 Å². The molecule has 2 rings (SSSR count). The lowest BCUT2D eigenvalue weighted by Crippen LogP contribution is -2.15. The van der Waals surface area contributed by atoms with Gasteiger partial charge in [-0.1, -0.05) is 22.0 Å². The van der Waals surface area contributed by atoms with Gasteiger partial charge in [0.15, 0.2) is 11.6 Å². The third-order valence-corrected chi connectivity index (χ3v) is 3.31. The Morgan fingerprint density at radius 2 is 2.10 bits per heavy atom. The number of hydrogen-bond donors (Lipinski definition) is 2. The highest BCUT2D eigenvalue weighted by molar-refractivity contribution is 9.10. The summed E-state index contributed by atoms with van der Waals surface area (Å²) in [5.41, 5.74) is 1.47. The first kappa shape index (κ1) is 14.5. The minimum absolute atomic E-state index is 0.0450. The van der Waals surface area contributed by atoms with Gasteiger partial charge in [-0.2, -0.15) is 0 Å². The molecule has 1 aromatic carbocycles. The zero-order valence-electron chi connectivity index (χ0n) is 11.0. The van der Waals surface area contributed by atoms with Gasteiger partial charge < -0.3 is 10.6 Å². The van der Waals surface area contributed by atoms with Crippen molar-refractivity contribution >= 4 is 33.3 Å². The zero-order valence-corrected chi connectivity index (χ0v) is 12.6. The standard InChI is InChI=1S/C14H13BrFN3O/c1-8-3-4-9(15)7-11(8)19-14(20)10-5-6-18-13(17-2)12(10)16/h3-7H,1-2H3,(H,17,18)(H,19,20). The summed E-state index contributed by atoms with van der Waals surface area (Å²) in [7, 11) is 1.55. The van der Waals surface area contributed by atoms with Crippen LogP contribution in [-0.4, -0.2) is 17.9 Å². The molecule has 0 fully saturated rings. The molecule has 4 nitrogen and oxygen atoms in total. The second kappa shape index (κ2) is 6.00. The zero-order chi connectivity index (χ0) is 14.7. The molecular formula is C14H13BrFN3O. The number of halogens is 2. The Morgan fingerprint density at radius 3 is 2.80 bits per heavy atom. The fourth-order valence-corrected chi connectivity index (χ4v) is 2.07. The lowest BCUT2D eigenvalue weighted by molar-refractivity contribution is 0.102. The van der Waals surface area contributed by atoms with E-state index < -0.39 is 11.7 Å². The highest BCUT2D eigenvalue weighted by Gasteiger charge is 2.16. The molecule has 2 N–H and O–H groups in total. The number of rotatable bonds is 3. The van der Waals surface area contributed by atoms with Gasteiger partial charge in [-0.15, -0.1) is 0 Å². The second-order valence-corrected chi connectivity index (χ2v) is 5.10. The van der Waals surface area contributed by atoms with Gasteiger partial charge in [0.05, 0.1) is 5.56 Å². The van der Waals surface area contributed by atoms with E-state index in [1.54, 1.807) is 13.1 Å². The van der Waals surface area contributed by atoms with Crippen molar-refractivity contribution in [3.05, 3.63) is 51.9 Å². The number of hydrogen-bond acceptors (Lipinski definition) is 3. The van der Waals surface area contributed by atoms with E-state index in [2.05, 4.69) is 31.5 Å². The summed E-state index contributed by atoms with van der Waals surface area (Å²) in [6, 6.07) is 6.85. The van der Waals surface area contributed by atoms with E-state index >= 15 is 0 Å². The first-order valence-electron chi connectivity index (χ1n) is 5.92. The fourth-order valence-electron chi connectivity index (χ4n) is 1.71. The third kappa shape index (κ3) is 2.96. The van der Waals surface area contributed by atoms with E-state index in [9.17, 15) is 9.18 Å². The molecular weight excluding hydrogens is 325 g/mol. The van der Waals surface area contributed by atoms with Crippen LogP contribution in [0, 0.1) is 12.7 Å². The van der Waals surface area contributed by atoms with Crippen molar-refractivity contribution in [2.24, 2.45) is 0 Å². The van der Waals surface area contributed by atoms with Crippen molar-refractivity contribution in [3.63, 3.8) is 0 Å². The predicted octanol–water partition coefficient (Wildman–Crippen LogP) is 3.59. The molecule has 0 aliphatic carbocycles. The van der Waals surface area contributed by atoms with Crippen LogP contribution in [0.1, 0.15) is 15.9 Å². The average Bonchev–Trinajstić information content (AvgIpc) is 2.43. The molecule has 0 radical (unpaired) electrons. The van der Waals surface area contributed by atoms with Gasteiger partial charge in [0.2, 0.25) is 0 Å². The summed E-state index contributed by atoms with van der Waals surface area (Å²) in [6.07, 6.45) is 1.39. The minimum atomic E-state index is -0.667. The van der Waals surface area contributed by atoms with Crippen molar-refractivity contribution in [2.45, 2.75) is 6.92 Å². The molecule has 0 aliphatic rings. The Kier molecular flexibility index (Phi) is 4.34. The molecule has 0 atom stereocenters. The molecule has 0 spiro atoms. The van der Waals surface area contributed by atoms with Crippen LogP contribution < -0.4 is 10.6 Å². The molecule has 0 bridgehead atoms. The number of anilines is 2. The molecule has 0 saturated heterocycles. The smallest absolute Gasteiger partial charge is 0.258 e. The average molecular weight is 338 g/mol. The van der Waals surface area contributed by atoms with Gasteiger partial charge in [0, 0.05) is 23.4 Å². The van der Waals surface area contributed by atoms with E-state index in [-0.39, 0.29) is 11.4 Å². The van der Waals surface area contributed by atoms with Crippen LogP contribution in [-0.2, 0) is 0 Å². The van der Waals surface area contributed by atoms with E-state index in [0.717, 1.165) is 10.0 Å². The Balaban J connectivity index is 2.31. The van der Waals surface area contributed by atoms with E-state index in [4.69, 9.17) is 0 Å². The van der Waals surface area contributed by atoms with Gasteiger partial charge in [-0.05, 0) is 30.7 Å². The van der Waals surface area contributed by atoms with Crippen molar-refractivity contribution < 1.29 is 9.18 Å². The molecule has 1 aromatic heterocycles. The lowest BCUT2D eigenvalue weighted by Gasteiger charge is -2.10. The number of carbonyl (C=O) groups excluding carboxylic acids is 1. The normalized spacial score (nSPS) is 10.2. The van der Waals surface area contributed by atoms with Crippen LogP contribution in [0.15, 0.2) is 34.9 Å². The molecule has 0 saturated carbocycles. The molecule has 104 valence electrons. The van der Waals surface area contributed by atoms with Gasteiger partial charge in [-0.3, -0.25) is 4.79 Å². The van der Waals surface area contributed by atoms with Crippen LogP contribution in [0.4, 0.5) is 15.9 Å². The molecule has 1 amide bonds. The monoisotopic (exact) mass is 337 g/mol. The SMILES string of the molecule is CNc1nccc(C(=O)Nc2cc(Br)ccc2C)c1F. The number of aromatic nitrogens is 1. The first-order chi connectivity index (χ1) is 9.52. The summed E-state index contributed by atoms with van der Waals surface area (Å²) in [5.74, 6) is -1.13. The summed E-state index contributed by atoms with van der Waals surface area (Å²) in [4.78, 5) is 15.9. The summed E-state index contributed by atoms with van der Waals surface area (Å²) in [6.45, 7) is 1.87. The topological polar surface area (TPSA) is 54.0 Å². The predicted molar refractivity (Wildman–Crippen MR) is 80.6 cm³/mol. The van der Waals surface area contributed by atoms with Gasteiger partial charge in [0.1, 0.15) is 0 Å². The highest BCUT2D eigenvalue weighted by atomic mass is 79.9. The van der Waals surface area contributed by atoms with Crippen LogP contribution >= 0.6 is 15.9 Å². The number of pyridine rings is 1. The number of amides is 1. The molecule has 1 heterocycles. The van der Waals surface area contributed by atoms with Crippen molar-refractivity contribution in [1.82, 2.24) is 4.98 Å². The minimum Gasteiger partial charge on any atom is -0.371 e. The highest BCUT2D eigenvalue weighted by Crippen LogP contribution is 2.22. The Bertz CT molecular complexity index is 661.